The summed E-state index contributed by atoms with van der Waals surface area (Å²) in [5.74, 6) is -0.606. The highest BCUT2D eigenvalue weighted by Crippen LogP contribution is 2.45. The lowest BCUT2D eigenvalue weighted by Crippen LogP contribution is -2.30. The molecule has 0 aromatic rings. The first-order chi connectivity index (χ1) is 41.9. The van der Waals surface area contributed by atoms with E-state index in [9.17, 15) is 43.2 Å². The number of rotatable bonds is 67. The smallest absolute Gasteiger partial charge is 0.462 e. The number of carbonyl (C=O) groups is 4. The van der Waals surface area contributed by atoms with Crippen molar-refractivity contribution in [2.75, 3.05) is 39.6 Å². The van der Waals surface area contributed by atoms with Crippen molar-refractivity contribution in [3.8, 4) is 0 Å². The minimum atomic E-state index is -4.95. The van der Waals surface area contributed by atoms with Gasteiger partial charge in [-0.1, -0.05) is 292 Å². The van der Waals surface area contributed by atoms with Crippen LogP contribution in [0.4, 0.5) is 0 Å². The summed E-state index contributed by atoms with van der Waals surface area (Å²) >= 11 is 0. The third kappa shape index (κ3) is 62.6. The van der Waals surface area contributed by atoms with Crippen LogP contribution in [0, 0.1) is 11.8 Å². The van der Waals surface area contributed by atoms with Crippen LogP contribution in [0.15, 0.2) is 0 Å². The topological polar surface area (TPSA) is 237 Å². The number of phosphoric ester groups is 2. The summed E-state index contributed by atoms with van der Waals surface area (Å²) in [7, 11) is -9.89. The van der Waals surface area contributed by atoms with E-state index in [1.54, 1.807) is 0 Å². The Labute approximate surface area is 530 Å². The van der Waals surface area contributed by atoms with Crippen LogP contribution in [-0.4, -0.2) is 96.7 Å². The SMILES string of the molecule is CCCCCCCCCCCCCCCC(=O)O[C@H](COC(=O)CCCCCCCCC)COP(=O)(O)OC[C@H](O)COP(=O)(O)OC[C@@H](COC(=O)CCCCCCCCCCCCC(C)C)OC(=O)CCCCCCCCCCCCCC(C)C. The molecule has 0 rings (SSSR count). The molecule has 0 heterocycles. The van der Waals surface area contributed by atoms with Gasteiger partial charge in [-0.05, 0) is 37.5 Å². The van der Waals surface area contributed by atoms with Crippen LogP contribution in [0.25, 0.3) is 0 Å². The maximum atomic E-state index is 13.0. The highest BCUT2D eigenvalue weighted by Gasteiger charge is 2.30. The fourth-order valence-corrected chi connectivity index (χ4v) is 11.8. The van der Waals surface area contributed by atoms with Gasteiger partial charge < -0.3 is 33.8 Å². The Morgan fingerprint density at radius 2 is 0.529 bits per heavy atom. The second-order valence-corrected chi connectivity index (χ2v) is 28.4. The summed E-state index contributed by atoms with van der Waals surface area (Å²) in [6.45, 7) is 9.49. The summed E-state index contributed by atoms with van der Waals surface area (Å²) < 4.78 is 68.1. The molecule has 19 heteroatoms. The molecular formula is C68H132O17P2. The predicted molar refractivity (Wildman–Crippen MR) is 349 cm³/mol. The fraction of sp³-hybridized carbons (Fsp3) is 0.941. The van der Waals surface area contributed by atoms with E-state index < -0.39 is 97.5 Å². The molecule has 2 unspecified atom stereocenters. The van der Waals surface area contributed by atoms with Gasteiger partial charge in [0.1, 0.15) is 19.3 Å². The predicted octanol–water partition coefficient (Wildman–Crippen LogP) is 19.2. The minimum absolute atomic E-state index is 0.106. The molecule has 17 nitrogen and oxygen atoms in total. The van der Waals surface area contributed by atoms with Gasteiger partial charge in [-0.15, -0.1) is 0 Å². The average Bonchev–Trinajstić information content (AvgIpc) is 3.68. The molecule has 0 spiro atoms. The molecule has 5 atom stereocenters. The number of ether oxygens (including phenoxy) is 4. The molecule has 0 aliphatic rings. The molecule has 0 saturated carbocycles. The highest BCUT2D eigenvalue weighted by molar-refractivity contribution is 7.47. The molecular weight excluding hydrogens is 1150 g/mol. The highest BCUT2D eigenvalue weighted by atomic mass is 31.2. The Kier molecular flexibility index (Phi) is 59.0. The Morgan fingerprint density at radius 3 is 0.782 bits per heavy atom. The van der Waals surface area contributed by atoms with Crippen LogP contribution in [0.2, 0.25) is 0 Å². The number of carbonyl (C=O) groups excluding carboxylic acids is 4. The van der Waals surface area contributed by atoms with Crippen molar-refractivity contribution in [1.29, 1.82) is 0 Å². The summed E-state index contributed by atoms with van der Waals surface area (Å²) in [5, 5.41) is 10.6. The van der Waals surface area contributed by atoms with E-state index in [1.807, 2.05) is 0 Å². The maximum absolute atomic E-state index is 13.0. The van der Waals surface area contributed by atoms with E-state index in [2.05, 4.69) is 41.5 Å². The van der Waals surface area contributed by atoms with E-state index in [-0.39, 0.29) is 25.7 Å². The molecule has 0 radical (unpaired) electrons. The minimum Gasteiger partial charge on any atom is -0.462 e. The van der Waals surface area contributed by atoms with E-state index in [4.69, 9.17) is 37.0 Å². The zero-order valence-corrected chi connectivity index (χ0v) is 58.1. The van der Waals surface area contributed by atoms with E-state index in [0.717, 1.165) is 115 Å². The number of aliphatic hydroxyl groups is 1. The van der Waals surface area contributed by atoms with Crippen molar-refractivity contribution in [2.45, 2.75) is 362 Å². The Balaban J connectivity index is 5.22. The molecule has 87 heavy (non-hydrogen) atoms. The first-order valence-corrected chi connectivity index (χ1v) is 38.5. The van der Waals surface area contributed by atoms with Gasteiger partial charge in [-0.3, -0.25) is 37.3 Å². The summed E-state index contributed by atoms with van der Waals surface area (Å²) in [6.07, 6.45) is 44.4. The zero-order valence-electron chi connectivity index (χ0n) is 56.3. The van der Waals surface area contributed by atoms with Crippen LogP contribution in [0.1, 0.15) is 343 Å². The molecule has 0 saturated heterocycles. The third-order valence-corrected chi connectivity index (χ3v) is 17.6. The molecule has 0 aliphatic heterocycles. The van der Waals surface area contributed by atoms with Crippen molar-refractivity contribution in [2.24, 2.45) is 11.8 Å². The lowest BCUT2D eigenvalue weighted by molar-refractivity contribution is -0.161. The first-order valence-electron chi connectivity index (χ1n) is 35.5. The molecule has 3 N–H and O–H groups in total. The lowest BCUT2D eigenvalue weighted by atomic mass is 10.0. The number of aliphatic hydroxyl groups excluding tert-OH is 1. The van der Waals surface area contributed by atoms with Gasteiger partial charge in [0.15, 0.2) is 12.2 Å². The Morgan fingerprint density at radius 1 is 0.310 bits per heavy atom. The second kappa shape index (κ2) is 60.3. The number of unbranched alkanes of at least 4 members (excludes halogenated alkanes) is 37. The largest absolute Gasteiger partial charge is 0.472 e. The molecule has 516 valence electrons. The van der Waals surface area contributed by atoms with Gasteiger partial charge in [0.05, 0.1) is 26.4 Å². The number of esters is 4. The Bertz CT molecular complexity index is 1700. The van der Waals surface area contributed by atoms with Crippen LogP contribution < -0.4 is 0 Å². The van der Waals surface area contributed by atoms with E-state index in [1.165, 1.54) is 148 Å². The average molecular weight is 1280 g/mol. The standard InChI is InChI=1S/C68H132O17P2/c1-7-9-11-13-15-16-17-18-21-28-34-40-46-52-67(72)84-63(56-78-65(70)50-44-38-30-14-12-10-8-2)58-82-86(74,75)80-54-62(69)55-81-87(76,77)83-59-64(57-79-66(71)51-45-39-33-27-24-23-26-32-37-43-49-61(5)6)85-68(73)53-47-41-35-29-22-19-20-25-31-36-42-48-60(3)4/h60-64,69H,7-59H2,1-6H3,(H,74,75)(H,76,77)/t62-,63+,64+/m0/s1. The fourth-order valence-electron chi connectivity index (χ4n) is 10.2. The monoisotopic (exact) mass is 1280 g/mol. The summed E-state index contributed by atoms with van der Waals surface area (Å²) in [4.78, 5) is 72.3. The van der Waals surface area contributed by atoms with Crippen molar-refractivity contribution in [3.05, 3.63) is 0 Å². The van der Waals surface area contributed by atoms with Crippen molar-refractivity contribution in [1.82, 2.24) is 0 Å². The normalized spacial score (nSPS) is 14.2. The number of hydrogen-bond acceptors (Lipinski definition) is 15. The Hall–Kier alpha value is -1.94. The van der Waals surface area contributed by atoms with Gasteiger partial charge in [0.25, 0.3) is 0 Å². The molecule has 0 fully saturated rings. The second-order valence-electron chi connectivity index (χ2n) is 25.5. The van der Waals surface area contributed by atoms with E-state index >= 15 is 0 Å². The van der Waals surface area contributed by atoms with Crippen LogP contribution in [0.5, 0.6) is 0 Å². The van der Waals surface area contributed by atoms with Gasteiger partial charge in [0, 0.05) is 25.7 Å². The molecule has 0 aromatic carbocycles. The van der Waals surface area contributed by atoms with Crippen molar-refractivity contribution in [3.63, 3.8) is 0 Å². The molecule has 0 amide bonds. The maximum Gasteiger partial charge on any atom is 0.472 e. The quantitative estimate of drug-likeness (QED) is 0.0222. The van der Waals surface area contributed by atoms with Crippen LogP contribution in [-0.2, 0) is 65.4 Å². The van der Waals surface area contributed by atoms with Crippen molar-refractivity contribution >= 4 is 39.5 Å². The molecule has 0 aromatic heterocycles. The molecule has 0 bridgehead atoms. The number of phosphoric acid groups is 2. The van der Waals surface area contributed by atoms with Crippen LogP contribution >= 0.6 is 15.6 Å². The summed E-state index contributed by atoms with van der Waals surface area (Å²) in [6, 6.07) is 0. The van der Waals surface area contributed by atoms with Gasteiger partial charge in [-0.25, -0.2) is 9.13 Å². The first kappa shape index (κ1) is 85.1. The van der Waals surface area contributed by atoms with E-state index in [0.29, 0.717) is 25.7 Å². The van der Waals surface area contributed by atoms with Gasteiger partial charge in [0.2, 0.25) is 0 Å². The van der Waals surface area contributed by atoms with Crippen LogP contribution in [0.3, 0.4) is 0 Å². The zero-order chi connectivity index (χ0) is 64.3. The van der Waals surface area contributed by atoms with Gasteiger partial charge in [-0.2, -0.15) is 0 Å². The van der Waals surface area contributed by atoms with Gasteiger partial charge >= 0.3 is 39.5 Å². The molecule has 0 aliphatic carbocycles. The van der Waals surface area contributed by atoms with Crippen molar-refractivity contribution < 1.29 is 80.2 Å². The third-order valence-electron chi connectivity index (χ3n) is 15.7. The number of hydrogen-bond donors (Lipinski definition) is 3. The lowest BCUT2D eigenvalue weighted by Gasteiger charge is -2.21. The summed E-state index contributed by atoms with van der Waals surface area (Å²) in [5.41, 5.74) is 0.